The fraction of sp³-hybridized carbons (Fsp3) is 0.571. The van der Waals surface area contributed by atoms with Crippen LogP contribution in [-0.4, -0.2) is 35.6 Å². The molecule has 0 aliphatic carbocycles. The van der Waals surface area contributed by atoms with Crippen LogP contribution in [0.1, 0.15) is 31.9 Å². The van der Waals surface area contributed by atoms with E-state index in [1.807, 2.05) is 6.92 Å². The second kappa shape index (κ2) is 7.52. The monoisotopic (exact) mass is 289 g/mol. The molecule has 20 heavy (non-hydrogen) atoms. The molecule has 0 aliphatic rings. The zero-order valence-corrected chi connectivity index (χ0v) is 11.6. The standard InChI is InChI=1S/C14H21F2NO3/c1-3-14(8-18,9-19)17-10(2)11-6-4-5-7-12(11)20-13(15)16/h4-7,10,13,17-19H,3,8-9H2,1-2H3. The summed E-state index contributed by atoms with van der Waals surface area (Å²) < 4.78 is 29.2. The molecule has 0 amide bonds. The third-order valence-corrected chi connectivity index (χ3v) is 3.41. The first-order valence-electron chi connectivity index (χ1n) is 6.51. The van der Waals surface area contributed by atoms with E-state index >= 15 is 0 Å². The first-order valence-corrected chi connectivity index (χ1v) is 6.51. The second-order valence-electron chi connectivity index (χ2n) is 4.73. The molecule has 1 aromatic rings. The molecule has 0 aromatic heterocycles. The quantitative estimate of drug-likeness (QED) is 0.685. The van der Waals surface area contributed by atoms with Crippen LogP contribution in [0.4, 0.5) is 8.78 Å². The molecular formula is C14H21F2NO3. The fourth-order valence-electron chi connectivity index (χ4n) is 2.05. The molecule has 1 rings (SSSR count). The Balaban J connectivity index is 2.94. The number of para-hydroxylation sites is 1. The highest BCUT2D eigenvalue weighted by molar-refractivity contribution is 5.35. The largest absolute Gasteiger partial charge is 0.434 e. The van der Waals surface area contributed by atoms with Crippen molar-refractivity contribution in [1.29, 1.82) is 0 Å². The molecule has 1 atom stereocenters. The van der Waals surface area contributed by atoms with E-state index in [4.69, 9.17) is 0 Å². The number of aliphatic hydroxyl groups excluding tert-OH is 2. The lowest BCUT2D eigenvalue weighted by Gasteiger charge is -2.33. The highest BCUT2D eigenvalue weighted by Crippen LogP contribution is 2.28. The van der Waals surface area contributed by atoms with Crippen molar-refractivity contribution in [3.8, 4) is 5.75 Å². The van der Waals surface area contributed by atoms with Crippen LogP contribution in [0.25, 0.3) is 0 Å². The Morgan fingerprint density at radius 2 is 1.85 bits per heavy atom. The van der Waals surface area contributed by atoms with Gasteiger partial charge in [0.15, 0.2) is 0 Å². The van der Waals surface area contributed by atoms with Gasteiger partial charge in [-0.2, -0.15) is 8.78 Å². The molecule has 0 radical (unpaired) electrons. The maximum Gasteiger partial charge on any atom is 0.387 e. The molecule has 1 aromatic carbocycles. The van der Waals surface area contributed by atoms with Gasteiger partial charge >= 0.3 is 6.61 Å². The lowest BCUT2D eigenvalue weighted by Crippen LogP contribution is -2.52. The van der Waals surface area contributed by atoms with E-state index in [2.05, 4.69) is 10.1 Å². The van der Waals surface area contributed by atoms with Crippen molar-refractivity contribution >= 4 is 0 Å². The summed E-state index contributed by atoms with van der Waals surface area (Å²) in [6.07, 6.45) is 0.502. The van der Waals surface area contributed by atoms with Gasteiger partial charge in [0.1, 0.15) is 5.75 Å². The Labute approximate surface area is 117 Å². The number of hydrogen-bond donors (Lipinski definition) is 3. The number of ether oxygens (including phenoxy) is 1. The summed E-state index contributed by atoms with van der Waals surface area (Å²) in [7, 11) is 0. The summed E-state index contributed by atoms with van der Waals surface area (Å²) in [6, 6.07) is 6.11. The van der Waals surface area contributed by atoms with Crippen molar-refractivity contribution in [2.75, 3.05) is 13.2 Å². The second-order valence-corrected chi connectivity index (χ2v) is 4.73. The van der Waals surface area contributed by atoms with Crippen molar-refractivity contribution in [2.24, 2.45) is 0 Å². The predicted octanol–water partition coefficient (Wildman–Crippen LogP) is 2.07. The van der Waals surface area contributed by atoms with Gasteiger partial charge in [0.25, 0.3) is 0 Å². The summed E-state index contributed by atoms with van der Waals surface area (Å²) >= 11 is 0. The topological polar surface area (TPSA) is 61.7 Å². The van der Waals surface area contributed by atoms with Gasteiger partial charge < -0.3 is 20.3 Å². The van der Waals surface area contributed by atoms with E-state index in [0.29, 0.717) is 12.0 Å². The predicted molar refractivity (Wildman–Crippen MR) is 71.8 cm³/mol. The Kier molecular flexibility index (Phi) is 6.32. The van der Waals surface area contributed by atoms with E-state index < -0.39 is 12.2 Å². The number of rotatable bonds is 8. The number of alkyl halides is 2. The molecule has 0 fully saturated rings. The van der Waals surface area contributed by atoms with E-state index in [-0.39, 0.29) is 25.0 Å². The van der Waals surface area contributed by atoms with Crippen LogP contribution < -0.4 is 10.1 Å². The van der Waals surface area contributed by atoms with E-state index in [0.717, 1.165) is 0 Å². The number of nitrogens with one attached hydrogen (secondary N) is 1. The number of halogens is 2. The summed E-state index contributed by atoms with van der Waals surface area (Å²) in [4.78, 5) is 0. The lowest BCUT2D eigenvalue weighted by atomic mass is 9.95. The van der Waals surface area contributed by atoms with Gasteiger partial charge in [-0.15, -0.1) is 0 Å². The smallest absolute Gasteiger partial charge is 0.387 e. The van der Waals surface area contributed by atoms with Crippen molar-refractivity contribution in [3.63, 3.8) is 0 Å². The minimum atomic E-state index is -2.89. The van der Waals surface area contributed by atoms with Crippen LogP contribution in [-0.2, 0) is 0 Å². The summed E-state index contributed by atoms with van der Waals surface area (Å²) in [5, 5.41) is 21.9. The Morgan fingerprint density at radius 1 is 1.25 bits per heavy atom. The van der Waals surface area contributed by atoms with Gasteiger partial charge in [-0.05, 0) is 19.4 Å². The molecule has 1 unspecified atom stereocenters. The van der Waals surface area contributed by atoms with Crippen LogP contribution in [0.3, 0.4) is 0 Å². The maximum atomic E-state index is 12.4. The molecule has 114 valence electrons. The van der Waals surface area contributed by atoms with Gasteiger partial charge in [0, 0.05) is 11.6 Å². The van der Waals surface area contributed by atoms with Crippen LogP contribution in [0.15, 0.2) is 24.3 Å². The van der Waals surface area contributed by atoms with Crippen molar-refractivity contribution < 1.29 is 23.7 Å². The van der Waals surface area contributed by atoms with Crippen LogP contribution in [0.5, 0.6) is 5.75 Å². The molecule has 4 nitrogen and oxygen atoms in total. The third kappa shape index (κ3) is 4.13. The molecule has 0 aliphatic heterocycles. The highest BCUT2D eigenvalue weighted by Gasteiger charge is 2.29. The average molecular weight is 289 g/mol. The fourth-order valence-corrected chi connectivity index (χ4v) is 2.05. The van der Waals surface area contributed by atoms with Gasteiger partial charge in [-0.25, -0.2) is 0 Å². The highest BCUT2D eigenvalue weighted by atomic mass is 19.3. The molecule has 0 saturated carbocycles. The van der Waals surface area contributed by atoms with E-state index in [1.165, 1.54) is 6.07 Å². The van der Waals surface area contributed by atoms with Gasteiger partial charge in [-0.3, -0.25) is 0 Å². The van der Waals surface area contributed by atoms with Gasteiger partial charge in [0.2, 0.25) is 0 Å². The maximum absolute atomic E-state index is 12.4. The van der Waals surface area contributed by atoms with Gasteiger partial charge in [0.05, 0.1) is 18.8 Å². The SMILES string of the molecule is CCC(CO)(CO)NC(C)c1ccccc1OC(F)F. The van der Waals surface area contributed by atoms with Crippen LogP contribution >= 0.6 is 0 Å². The minimum absolute atomic E-state index is 0.0865. The molecule has 6 heteroatoms. The van der Waals surface area contributed by atoms with E-state index in [1.54, 1.807) is 25.1 Å². The molecule has 0 heterocycles. The zero-order chi connectivity index (χ0) is 15.2. The molecule has 0 spiro atoms. The Hall–Kier alpha value is -1.24. The summed E-state index contributed by atoms with van der Waals surface area (Å²) in [6.45, 7) is 0.205. The number of aliphatic hydroxyl groups is 2. The zero-order valence-electron chi connectivity index (χ0n) is 11.6. The lowest BCUT2D eigenvalue weighted by molar-refractivity contribution is -0.0508. The molecular weight excluding hydrogens is 268 g/mol. The summed E-state index contributed by atoms with van der Waals surface area (Å²) in [5.41, 5.74) is -0.301. The molecule has 0 bridgehead atoms. The third-order valence-electron chi connectivity index (χ3n) is 3.41. The average Bonchev–Trinajstić information content (AvgIpc) is 2.44. The Morgan fingerprint density at radius 3 is 2.35 bits per heavy atom. The molecule has 0 saturated heterocycles. The van der Waals surface area contributed by atoms with Crippen molar-refractivity contribution in [1.82, 2.24) is 5.32 Å². The van der Waals surface area contributed by atoms with E-state index in [9.17, 15) is 19.0 Å². The number of benzene rings is 1. The normalized spacial score (nSPS) is 13.6. The van der Waals surface area contributed by atoms with Gasteiger partial charge in [-0.1, -0.05) is 25.1 Å². The van der Waals surface area contributed by atoms with Crippen molar-refractivity contribution in [3.05, 3.63) is 29.8 Å². The Bertz CT molecular complexity index is 403. The summed E-state index contributed by atoms with van der Waals surface area (Å²) in [5.74, 6) is 0.0865. The van der Waals surface area contributed by atoms with Crippen LogP contribution in [0.2, 0.25) is 0 Å². The van der Waals surface area contributed by atoms with Crippen molar-refractivity contribution in [2.45, 2.75) is 38.5 Å². The number of hydrogen-bond acceptors (Lipinski definition) is 4. The first-order chi connectivity index (χ1) is 9.48. The van der Waals surface area contributed by atoms with Crippen LogP contribution in [0, 0.1) is 0 Å². The first kappa shape index (κ1) is 16.8. The minimum Gasteiger partial charge on any atom is -0.434 e. The molecule has 3 N–H and O–H groups in total.